The van der Waals surface area contributed by atoms with Crippen LogP contribution in [0.25, 0.3) is 0 Å². The van der Waals surface area contributed by atoms with Crippen molar-refractivity contribution in [2.75, 3.05) is 33.3 Å². The highest BCUT2D eigenvalue weighted by Gasteiger charge is 2.34. The van der Waals surface area contributed by atoms with E-state index in [-0.39, 0.29) is 17.9 Å². The van der Waals surface area contributed by atoms with Gasteiger partial charge in [0, 0.05) is 13.1 Å². The second kappa shape index (κ2) is 4.82. The highest BCUT2D eigenvalue weighted by molar-refractivity contribution is 5.81. The molecule has 1 atom stereocenters. The molecule has 2 heterocycles. The molecule has 5 nitrogen and oxygen atoms in total. The van der Waals surface area contributed by atoms with E-state index in [0.717, 1.165) is 38.9 Å². The van der Waals surface area contributed by atoms with E-state index >= 15 is 0 Å². The van der Waals surface area contributed by atoms with Gasteiger partial charge in [0.1, 0.15) is 6.04 Å². The standard InChI is InChI=1S/C11H18N2O3/c1-16-11(15)9-4-2-5-13(9)8-10(14)12-6-3-7-12/h9H,2-8H2,1H3. The Balaban J connectivity index is 1.87. The normalized spacial score (nSPS) is 25.3. The zero-order valence-electron chi connectivity index (χ0n) is 9.65. The van der Waals surface area contributed by atoms with Crippen LogP contribution >= 0.6 is 0 Å². The summed E-state index contributed by atoms with van der Waals surface area (Å²) in [5.74, 6) is -0.0732. The van der Waals surface area contributed by atoms with Crippen LogP contribution in [0.3, 0.4) is 0 Å². The van der Waals surface area contributed by atoms with Crippen molar-refractivity contribution in [3.63, 3.8) is 0 Å². The number of amides is 1. The van der Waals surface area contributed by atoms with Crippen LogP contribution in [0.15, 0.2) is 0 Å². The summed E-state index contributed by atoms with van der Waals surface area (Å²) in [5, 5.41) is 0. The van der Waals surface area contributed by atoms with Crippen molar-refractivity contribution in [2.45, 2.75) is 25.3 Å². The Hall–Kier alpha value is -1.10. The van der Waals surface area contributed by atoms with Crippen LogP contribution in [-0.2, 0) is 14.3 Å². The van der Waals surface area contributed by atoms with Crippen molar-refractivity contribution >= 4 is 11.9 Å². The van der Waals surface area contributed by atoms with Crippen molar-refractivity contribution < 1.29 is 14.3 Å². The monoisotopic (exact) mass is 226 g/mol. The van der Waals surface area contributed by atoms with E-state index in [2.05, 4.69) is 0 Å². The van der Waals surface area contributed by atoms with Crippen LogP contribution in [0, 0.1) is 0 Å². The Morgan fingerprint density at radius 3 is 2.56 bits per heavy atom. The molecule has 1 amide bonds. The van der Waals surface area contributed by atoms with E-state index in [0.29, 0.717) is 6.54 Å². The van der Waals surface area contributed by atoms with Gasteiger partial charge in [-0.05, 0) is 25.8 Å². The fourth-order valence-corrected chi connectivity index (χ4v) is 2.26. The van der Waals surface area contributed by atoms with Gasteiger partial charge in [-0.25, -0.2) is 0 Å². The third kappa shape index (κ3) is 2.19. The number of ether oxygens (including phenoxy) is 1. The first-order valence-corrected chi connectivity index (χ1v) is 5.82. The molecular weight excluding hydrogens is 208 g/mol. The maximum absolute atomic E-state index is 11.8. The second-order valence-corrected chi connectivity index (χ2v) is 4.39. The minimum Gasteiger partial charge on any atom is -0.468 e. The van der Waals surface area contributed by atoms with Gasteiger partial charge in [-0.3, -0.25) is 14.5 Å². The number of hydrogen-bond acceptors (Lipinski definition) is 4. The number of hydrogen-bond donors (Lipinski definition) is 0. The molecule has 0 radical (unpaired) electrons. The van der Waals surface area contributed by atoms with Gasteiger partial charge in [0.15, 0.2) is 0 Å². The lowest BCUT2D eigenvalue weighted by atomic mass is 10.2. The average Bonchev–Trinajstić information content (AvgIpc) is 2.62. The summed E-state index contributed by atoms with van der Waals surface area (Å²) in [6, 6.07) is -0.213. The maximum Gasteiger partial charge on any atom is 0.323 e. The lowest BCUT2D eigenvalue weighted by Gasteiger charge is -2.33. The number of esters is 1. The quantitative estimate of drug-likeness (QED) is 0.628. The number of nitrogens with zero attached hydrogens (tertiary/aromatic N) is 2. The molecule has 0 aliphatic carbocycles. The molecule has 90 valence electrons. The average molecular weight is 226 g/mol. The van der Waals surface area contributed by atoms with Gasteiger partial charge in [-0.15, -0.1) is 0 Å². The van der Waals surface area contributed by atoms with Crippen LogP contribution in [0.2, 0.25) is 0 Å². The largest absolute Gasteiger partial charge is 0.468 e. The number of carbonyl (C=O) groups excluding carboxylic acids is 2. The summed E-state index contributed by atoms with van der Waals surface area (Å²) in [7, 11) is 1.40. The van der Waals surface area contributed by atoms with E-state index in [1.165, 1.54) is 7.11 Å². The van der Waals surface area contributed by atoms with Gasteiger partial charge in [0.05, 0.1) is 13.7 Å². The molecule has 5 heteroatoms. The molecule has 0 N–H and O–H groups in total. The van der Waals surface area contributed by atoms with E-state index in [4.69, 9.17) is 4.74 Å². The maximum atomic E-state index is 11.8. The minimum atomic E-state index is -0.214. The first kappa shape index (κ1) is 11.4. The molecule has 0 saturated carbocycles. The summed E-state index contributed by atoms with van der Waals surface area (Å²) >= 11 is 0. The zero-order valence-corrected chi connectivity index (χ0v) is 9.65. The predicted molar refractivity (Wildman–Crippen MR) is 57.8 cm³/mol. The summed E-state index contributed by atoms with van der Waals surface area (Å²) in [5.41, 5.74) is 0. The molecule has 0 spiro atoms. The van der Waals surface area contributed by atoms with Crippen molar-refractivity contribution in [1.82, 2.24) is 9.80 Å². The van der Waals surface area contributed by atoms with E-state index in [9.17, 15) is 9.59 Å². The topological polar surface area (TPSA) is 49.9 Å². The molecule has 16 heavy (non-hydrogen) atoms. The lowest BCUT2D eigenvalue weighted by Crippen LogP contribution is -2.49. The first-order chi connectivity index (χ1) is 7.72. The van der Waals surface area contributed by atoms with Crippen LogP contribution in [0.5, 0.6) is 0 Å². The second-order valence-electron chi connectivity index (χ2n) is 4.39. The molecule has 0 aromatic rings. The van der Waals surface area contributed by atoms with E-state index in [1.807, 2.05) is 9.80 Å². The SMILES string of the molecule is COC(=O)C1CCCN1CC(=O)N1CCC1. The molecule has 2 aliphatic rings. The Labute approximate surface area is 95.3 Å². The molecule has 2 rings (SSSR count). The Morgan fingerprint density at radius 1 is 1.25 bits per heavy atom. The van der Waals surface area contributed by atoms with Gasteiger partial charge < -0.3 is 9.64 Å². The molecule has 1 unspecified atom stereocenters. The van der Waals surface area contributed by atoms with Gasteiger partial charge >= 0.3 is 5.97 Å². The van der Waals surface area contributed by atoms with Crippen molar-refractivity contribution in [3.05, 3.63) is 0 Å². The van der Waals surface area contributed by atoms with Gasteiger partial charge in [-0.2, -0.15) is 0 Å². The van der Waals surface area contributed by atoms with Crippen LogP contribution in [0.4, 0.5) is 0 Å². The van der Waals surface area contributed by atoms with Crippen molar-refractivity contribution in [3.8, 4) is 0 Å². The number of rotatable bonds is 3. The highest BCUT2D eigenvalue weighted by atomic mass is 16.5. The smallest absolute Gasteiger partial charge is 0.323 e. The third-order valence-electron chi connectivity index (χ3n) is 3.38. The molecule has 2 fully saturated rings. The fourth-order valence-electron chi connectivity index (χ4n) is 2.26. The molecule has 2 aliphatic heterocycles. The summed E-state index contributed by atoms with van der Waals surface area (Å²) in [6.45, 7) is 2.92. The van der Waals surface area contributed by atoms with Crippen molar-refractivity contribution in [1.29, 1.82) is 0 Å². The van der Waals surface area contributed by atoms with Crippen LogP contribution < -0.4 is 0 Å². The third-order valence-corrected chi connectivity index (χ3v) is 3.38. The lowest BCUT2D eigenvalue weighted by molar-refractivity contribution is -0.147. The van der Waals surface area contributed by atoms with Gasteiger partial charge in [0.2, 0.25) is 5.91 Å². The van der Waals surface area contributed by atoms with Crippen molar-refractivity contribution in [2.24, 2.45) is 0 Å². The van der Waals surface area contributed by atoms with E-state index in [1.54, 1.807) is 0 Å². The minimum absolute atomic E-state index is 0.141. The fraction of sp³-hybridized carbons (Fsp3) is 0.818. The number of carbonyl (C=O) groups is 2. The molecular formula is C11H18N2O3. The highest BCUT2D eigenvalue weighted by Crippen LogP contribution is 2.19. The van der Waals surface area contributed by atoms with Crippen LogP contribution in [0.1, 0.15) is 19.3 Å². The Morgan fingerprint density at radius 2 is 2.00 bits per heavy atom. The molecule has 0 aromatic carbocycles. The number of likely N-dealkylation sites (tertiary alicyclic amines) is 2. The Kier molecular flexibility index (Phi) is 3.43. The molecule has 0 aromatic heterocycles. The molecule has 2 saturated heterocycles. The number of methoxy groups -OCH3 is 1. The summed E-state index contributed by atoms with van der Waals surface area (Å²) in [6.07, 6.45) is 2.87. The summed E-state index contributed by atoms with van der Waals surface area (Å²) in [4.78, 5) is 27.0. The predicted octanol–water partition coefficient (Wildman–Crippen LogP) is -0.144. The summed E-state index contributed by atoms with van der Waals surface area (Å²) < 4.78 is 4.74. The van der Waals surface area contributed by atoms with Gasteiger partial charge in [-0.1, -0.05) is 0 Å². The Bertz CT molecular complexity index is 289. The molecule has 0 bridgehead atoms. The zero-order chi connectivity index (χ0) is 11.5. The first-order valence-electron chi connectivity index (χ1n) is 5.82. The van der Waals surface area contributed by atoms with Crippen LogP contribution in [-0.4, -0.2) is 61.0 Å². The van der Waals surface area contributed by atoms with E-state index < -0.39 is 0 Å². The van der Waals surface area contributed by atoms with Gasteiger partial charge in [0.25, 0.3) is 0 Å².